The van der Waals surface area contributed by atoms with Crippen molar-refractivity contribution in [3.8, 4) is 5.75 Å². The molecule has 0 saturated heterocycles. The van der Waals surface area contributed by atoms with Crippen molar-refractivity contribution < 1.29 is 9.90 Å². The van der Waals surface area contributed by atoms with Crippen LogP contribution < -0.4 is 10.3 Å². The van der Waals surface area contributed by atoms with Crippen LogP contribution in [0.15, 0.2) is 53.6 Å². The summed E-state index contributed by atoms with van der Waals surface area (Å²) in [4.78, 5) is 14.0. The molecule has 0 atom stereocenters. The second-order valence-electron chi connectivity index (χ2n) is 5.37. The van der Waals surface area contributed by atoms with E-state index in [9.17, 15) is 9.90 Å². The number of aromatic hydroxyl groups is 1. The van der Waals surface area contributed by atoms with Gasteiger partial charge in [-0.3, -0.25) is 4.79 Å². The van der Waals surface area contributed by atoms with Gasteiger partial charge >= 0.3 is 0 Å². The number of hydrogen-bond acceptors (Lipinski definition) is 4. The van der Waals surface area contributed by atoms with Crippen molar-refractivity contribution in [2.24, 2.45) is 5.10 Å². The molecule has 0 heterocycles. The van der Waals surface area contributed by atoms with Crippen LogP contribution in [-0.2, 0) is 11.2 Å². The van der Waals surface area contributed by atoms with E-state index in [-0.39, 0.29) is 18.1 Å². The van der Waals surface area contributed by atoms with Gasteiger partial charge in [-0.2, -0.15) is 5.10 Å². The molecular formula is C19H23N3O2. The first-order valence-corrected chi connectivity index (χ1v) is 8.07. The van der Waals surface area contributed by atoms with Crippen LogP contribution in [0.4, 0.5) is 5.69 Å². The van der Waals surface area contributed by atoms with Gasteiger partial charge in [0, 0.05) is 30.4 Å². The van der Waals surface area contributed by atoms with Gasteiger partial charge in [-0.15, -0.1) is 0 Å². The van der Waals surface area contributed by atoms with Crippen LogP contribution in [0.1, 0.15) is 25.0 Å². The molecule has 0 aliphatic heterocycles. The highest BCUT2D eigenvalue weighted by Gasteiger charge is 2.06. The van der Waals surface area contributed by atoms with Crippen molar-refractivity contribution in [3.05, 3.63) is 59.7 Å². The van der Waals surface area contributed by atoms with E-state index in [1.165, 1.54) is 6.21 Å². The largest absolute Gasteiger partial charge is 0.507 e. The Labute approximate surface area is 142 Å². The van der Waals surface area contributed by atoms with Crippen LogP contribution in [0.5, 0.6) is 5.75 Å². The van der Waals surface area contributed by atoms with E-state index < -0.39 is 0 Å². The van der Waals surface area contributed by atoms with Crippen molar-refractivity contribution in [2.45, 2.75) is 20.3 Å². The number of phenolic OH excluding ortho intramolecular Hbond substituents is 1. The van der Waals surface area contributed by atoms with Crippen LogP contribution in [0, 0.1) is 0 Å². The summed E-state index contributed by atoms with van der Waals surface area (Å²) >= 11 is 0. The molecule has 0 aliphatic carbocycles. The summed E-state index contributed by atoms with van der Waals surface area (Å²) in [5, 5.41) is 14.0. The quantitative estimate of drug-likeness (QED) is 0.608. The molecule has 2 N–H and O–H groups in total. The third-order valence-corrected chi connectivity index (χ3v) is 3.74. The molecule has 0 radical (unpaired) electrons. The molecule has 24 heavy (non-hydrogen) atoms. The molecule has 0 fully saturated rings. The number of amides is 1. The van der Waals surface area contributed by atoms with E-state index in [2.05, 4.69) is 29.3 Å². The first kappa shape index (κ1) is 17.5. The van der Waals surface area contributed by atoms with Crippen molar-refractivity contribution >= 4 is 17.8 Å². The molecule has 0 unspecified atom stereocenters. The maximum Gasteiger partial charge on any atom is 0.244 e. The van der Waals surface area contributed by atoms with Gasteiger partial charge in [0.1, 0.15) is 5.75 Å². The molecule has 0 bridgehead atoms. The molecule has 5 heteroatoms. The summed E-state index contributed by atoms with van der Waals surface area (Å²) in [6.45, 7) is 5.88. The lowest BCUT2D eigenvalue weighted by Crippen LogP contribution is -2.21. The number of hydrogen-bond donors (Lipinski definition) is 2. The molecule has 2 aromatic rings. The highest BCUT2D eigenvalue weighted by atomic mass is 16.3. The predicted octanol–water partition coefficient (Wildman–Crippen LogP) is 2.93. The summed E-state index contributed by atoms with van der Waals surface area (Å²) in [7, 11) is 0. The average molecular weight is 325 g/mol. The monoisotopic (exact) mass is 325 g/mol. The normalized spacial score (nSPS) is 10.8. The minimum absolute atomic E-state index is 0.139. The lowest BCUT2D eigenvalue weighted by atomic mass is 10.1. The van der Waals surface area contributed by atoms with Gasteiger partial charge in [0.25, 0.3) is 0 Å². The number of anilines is 1. The number of nitrogens with one attached hydrogen (secondary N) is 1. The van der Waals surface area contributed by atoms with Crippen LogP contribution >= 0.6 is 0 Å². The number of hydrazone groups is 1. The van der Waals surface area contributed by atoms with E-state index in [4.69, 9.17) is 0 Å². The third-order valence-electron chi connectivity index (χ3n) is 3.74. The summed E-state index contributed by atoms with van der Waals surface area (Å²) in [5.41, 5.74) is 4.92. The Morgan fingerprint density at radius 2 is 1.88 bits per heavy atom. The number of nitrogens with zero attached hydrogens (tertiary/aromatic N) is 2. The molecule has 1 amide bonds. The predicted molar refractivity (Wildman–Crippen MR) is 97.6 cm³/mol. The molecular weight excluding hydrogens is 302 g/mol. The lowest BCUT2D eigenvalue weighted by Gasteiger charge is -2.21. The molecule has 2 rings (SSSR count). The minimum atomic E-state index is -0.197. The lowest BCUT2D eigenvalue weighted by molar-refractivity contribution is -0.120. The molecule has 0 aromatic heterocycles. The summed E-state index contributed by atoms with van der Waals surface area (Å²) in [5.74, 6) is -0.0582. The zero-order valence-corrected chi connectivity index (χ0v) is 14.1. The highest BCUT2D eigenvalue weighted by Crippen LogP contribution is 2.23. The highest BCUT2D eigenvalue weighted by molar-refractivity contribution is 5.86. The summed E-state index contributed by atoms with van der Waals surface area (Å²) in [6, 6.07) is 14.9. The van der Waals surface area contributed by atoms with Gasteiger partial charge in [-0.05, 0) is 31.5 Å². The Morgan fingerprint density at radius 1 is 1.17 bits per heavy atom. The molecule has 0 spiro atoms. The maximum atomic E-state index is 11.8. The van der Waals surface area contributed by atoms with Crippen LogP contribution in [-0.4, -0.2) is 30.3 Å². The zero-order valence-electron chi connectivity index (χ0n) is 14.1. The fourth-order valence-corrected chi connectivity index (χ4v) is 2.42. The van der Waals surface area contributed by atoms with E-state index in [0.29, 0.717) is 5.56 Å². The molecule has 126 valence electrons. The fraction of sp³-hybridized carbons (Fsp3) is 0.263. The minimum Gasteiger partial charge on any atom is -0.507 e. The molecule has 0 aliphatic rings. The van der Waals surface area contributed by atoms with Crippen molar-refractivity contribution in [1.82, 2.24) is 5.43 Å². The van der Waals surface area contributed by atoms with Crippen LogP contribution in [0.25, 0.3) is 0 Å². The van der Waals surface area contributed by atoms with Gasteiger partial charge in [0.15, 0.2) is 0 Å². The van der Waals surface area contributed by atoms with E-state index in [0.717, 1.165) is 24.3 Å². The fourth-order valence-electron chi connectivity index (χ4n) is 2.42. The first-order chi connectivity index (χ1) is 11.6. The van der Waals surface area contributed by atoms with Gasteiger partial charge in [-0.25, -0.2) is 5.43 Å². The maximum absolute atomic E-state index is 11.8. The number of carbonyl (C=O) groups excluding carboxylic acids is 1. The third kappa shape index (κ3) is 4.84. The van der Waals surface area contributed by atoms with Crippen LogP contribution in [0.3, 0.4) is 0 Å². The summed E-state index contributed by atoms with van der Waals surface area (Å²) < 4.78 is 0. The number of benzene rings is 2. The van der Waals surface area contributed by atoms with Crippen molar-refractivity contribution in [3.63, 3.8) is 0 Å². The topological polar surface area (TPSA) is 64.9 Å². The van der Waals surface area contributed by atoms with Gasteiger partial charge in [0.05, 0.1) is 12.6 Å². The number of phenols is 1. The second kappa shape index (κ2) is 8.72. The van der Waals surface area contributed by atoms with Gasteiger partial charge in [-0.1, -0.05) is 30.3 Å². The van der Waals surface area contributed by atoms with E-state index in [1.807, 2.05) is 36.4 Å². The number of carbonyl (C=O) groups is 1. The first-order valence-electron chi connectivity index (χ1n) is 8.07. The smallest absolute Gasteiger partial charge is 0.244 e. The van der Waals surface area contributed by atoms with E-state index >= 15 is 0 Å². The SMILES string of the molecule is CCN(CC)c1ccc(/C=N/NC(=O)Cc2ccccc2)c(O)c1. The van der Waals surface area contributed by atoms with Crippen molar-refractivity contribution in [1.29, 1.82) is 0 Å². The summed E-state index contributed by atoms with van der Waals surface area (Å²) in [6.07, 6.45) is 1.72. The molecule has 2 aromatic carbocycles. The molecule has 0 saturated carbocycles. The van der Waals surface area contributed by atoms with Gasteiger partial charge < -0.3 is 10.0 Å². The Kier molecular flexibility index (Phi) is 6.37. The van der Waals surface area contributed by atoms with E-state index in [1.54, 1.807) is 12.1 Å². The second-order valence-corrected chi connectivity index (χ2v) is 5.37. The average Bonchev–Trinajstić information content (AvgIpc) is 2.59. The Bertz CT molecular complexity index is 695. The van der Waals surface area contributed by atoms with Gasteiger partial charge in [0.2, 0.25) is 5.91 Å². The molecule has 5 nitrogen and oxygen atoms in total. The van der Waals surface area contributed by atoms with Crippen molar-refractivity contribution in [2.75, 3.05) is 18.0 Å². The zero-order chi connectivity index (χ0) is 17.4. The van der Waals surface area contributed by atoms with Crippen LogP contribution in [0.2, 0.25) is 0 Å². The standard InChI is InChI=1S/C19H23N3O2/c1-3-22(4-2)17-11-10-16(18(23)13-17)14-20-21-19(24)12-15-8-6-5-7-9-15/h5-11,13-14,23H,3-4,12H2,1-2H3,(H,21,24)/b20-14+. The Hall–Kier alpha value is -2.82. The number of rotatable bonds is 7. The Morgan fingerprint density at radius 3 is 2.50 bits per heavy atom. The Balaban J connectivity index is 1.95.